The van der Waals surface area contributed by atoms with E-state index in [9.17, 15) is 14.9 Å². The lowest BCUT2D eigenvalue weighted by molar-refractivity contribution is -0.384. The molecule has 3 aromatic rings. The molecule has 0 saturated carbocycles. The molecule has 29 heavy (non-hydrogen) atoms. The third-order valence-electron chi connectivity index (χ3n) is 4.25. The minimum absolute atomic E-state index is 0.0947. The highest BCUT2D eigenvalue weighted by molar-refractivity contribution is 9.10. The Morgan fingerprint density at radius 3 is 2.69 bits per heavy atom. The van der Waals surface area contributed by atoms with E-state index in [1.807, 2.05) is 24.3 Å². The first-order chi connectivity index (χ1) is 13.9. The maximum absolute atomic E-state index is 12.5. The van der Waals surface area contributed by atoms with Crippen molar-refractivity contribution in [1.82, 2.24) is 25.1 Å². The van der Waals surface area contributed by atoms with Crippen molar-refractivity contribution in [1.29, 1.82) is 0 Å². The molecule has 0 saturated heterocycles. The summed E-state index contributed by atoms with van der Waals surface area (Å²) in [5, 5.41) is 23.2. The zero-order valence-corrected chi connectivity index (χ0v) is 17.2. The van der Waals surface area contributed by atoms with Gasteiger partial charge in [0.2, 0.25) is 5.91 Å². The van der Waals surface area contributed by atoms with Crippen LogP contribution in [0.2, 0.25) is 0 Å². The molecule has 0 radical (unpaired) electrons. The zero-order chi connectivity index (χ0) is 21.0. The van der Waals surface area contributed by atoms with Gasteiger partial charge < -0.3 is 9.64 Å². The van der Waals surface area contributed by atoms with Crippen molar-refractivity contribution in [2.45, 2.75) is 6.04 Å². The van der Waals surface area contributed by atoms with Gasteiger partial charge in [0.15, 0.2) is 5.82 Å². The Balaban J connectivity index is 2.13. The Bertz CT molecular complexity index is 1020. The van der Waals surface area contributed by atoms with E-state index in [-0.39, 0.29) is 18.2 Å². The second-order valence-electron chi connectivity index (χ2n) is 6.12. The van der Waals surface area contributed by atoms with Crippen molar-refractivity contribution in [3.05, 3.63) is 74.5 Å². The van der Waals surface area contributed by atoms with E-state index < -0.39 is 11.0 Å². The summed E-state index contributed by atoms with van der Waals surface area (Å²) < 4.78 is 7.34. The van der Waals surface area contributed by atoms with Crippen LogP contribution in [0.3, 0.4) is 0 Å². The number of nitro benzene ring substituents is 1. The standard InChI is InChI=1S/C18H17BrN6O4/c1-23(16(26)11-29-2)17(12-4-3-5-15(10-12)25(27)28)18-20-21-22-24(18)14-8-6-13(19)7-9-14/h3-10,17H,11H2,1-2H3. The number of nitrogens with zero attached hydrogens (tertiary/aromatic N) is 6. The molecule has 0 spiro atoms. The fraction of sp³-hybridized carbons (Fsp3) is 0.222. The predicted molar refractivity (Wildman–Crippen MR) is 106 cm³/mol. The molecule has 1 atom stereocenters. The van der Waals surface area contributed by atoms with Gasteiger partial charge in [-0.1, -0.05) is 28.1 Å². The van der Waals surface area contributed by atoms with Crippen LogP contribution in [0.25, 0.3) is 5.69 Å². The second kappa shape index (κ2) is 8.88. The normalized spacial score (nSPS) is 11.8. The van der Waals surface area contributed by atoms with Crippen LogP contribution in [0.15, 0.2) is 53.0 Å². The summed E-state index contributed by atoms with van der Waals surface area (Å²) in [6, 6.07) is 12.6. The Morgan fingerprint density at radius 1 is 1.31 bits per heavy atom. The summed E-state index contributed by atoms with van der Waals surface area (Å²) in [5.41, 5.74) is 1.08. The summed E-state index contributed by atoms with van der Waals surface area (Å²) in [7, 11) is 2.99. The molecule has 3 rings (SSSR count). The molecular formula is C18H17BrN6O4. The Morgan fingerprint density at radius 2 is 2.03 bits per heavy atom. The maximum Gasteiger partial charge on any atom is 0.269 e. The van der Waals surface area contributed by atoms with Gasteiger partial charge in [0.25, 0.3) is 5.69 Å². The van der Waals surface area contributed by atoms with Crippen LogP contribution in [-0.4, -0.2) is 56.7 Å². The number of amides is 1. The number of hydrogen-bond acceptors (Lipinski definition) is 7. The van der Waals surface area contributed by atoms with Crippen LogP contribution >= 0.6 is 15.9 Å². The van der Waals surface area contributed by atoms with E-state index in [4.69, 9.17) is 4.74 Å². The average Bonchev–Trinajstić information content (AvgIpc) is 3.18. The van der Waals surface area contributed by atoms with Crippen molar-refractivity contribution in [3.8, 4) is 5.69 Å². The number of non-ortho nitro benzene ring substituents is 1. The van der Waals surface area contributed by atoms with Crippen LogP contribution in [0.1, 0.15) is 17.4 Å². The van der Waals surface area contributed by atoms with Gasteiger partial charge in [-0.2, -0.15) is 4.68 Å². The molecule has 0 fully saturated rings. The number of nitro groups is 1. The number of aromatic nitrogens is 4. The van der Waals surface area contributed by atoms with Crippen LogP contribution in [0, 0.1) is 10.1 Å². The fourth-order valence-electron chi connectivity index (χ4n) is 2.85. The molecule has 0 N–H and O–H groups in total. The lowest BCUT2D eigenvalue weighted by atomic mass is 10.0. The van der Waals surface area contributed by atoms with Gasteiger partial charge in [0.1, 0.15) is 12.6 Å². The molecule has 0 aliphatic heterocycles. The molecule has 10 nitrogen and oxygen atoms in total. The van der Waals surface area contributed by atoms with Crippen molar-refractivity contribution in [2.75, 3.05) is 20.8 Å². The smallest absolute Gasteiger partial charge is 0.269 e. The highest BCUT2D eigenvalue weighted by Gasteiger charge is 2.30. The summed E-state index contributed by atoms with van der Waals surface area (Å²) in [5.74, 6) is 0.00846. The number of likely N-dealkylation sites (N-methyl/N-ethyl adjacent to an activating group) is 1. The van der Waals surface area contributed by atoms with Gasteiger partial charge in [0, 0.05) is 30.8 Å². The SMILES string of the molecule is COCC(=O)N(C)C(c1cccc([N+](=O)[O-])c1)c1nnnn1-c1ccc(Br)cc1. The van der Waals surface area contributed by atoms with Crippen molar-refractivity contribution in [3.63, 3.8) is 0 Å². The number of rotatable bonds is 7. The molecule has 0 bridgehead atoms. The molecule has 2 aromatic carbocycles. The number of methoxy groups -OCH3 is 1. The van der Waals surface area contributed by atoms with Crippen molar-refractivity contribution in [2.24, 2.45) is 0 Å². The van der Waals surface area contributed by atoms with Crippen LogP contribution in [-0.2, 0) is 9.53 Å². The fourth-order valence-corrected chi connectivity index (χ4v) is 3.12. The Labute approximate surface area is 174 Å². The van der Waals surface area contributed by atoms with Crippen LogP contribution < -0.4 is 0 Å². The number of tetrazole rings is 1. The minimum Gasteiger partial charge on any atom is -0.375 e. The molecule has 150 valence electrons. The number of halogens is 1. The molecule has 0 aliphatic carbocycles. The van der Waals surface area contributed by atoms with Crippen molar-refractivity contribution < 1.29 is 14.5 Å². The van der Waals surface area contributed by atoms with E-state index in [2.05, 4.69) is 31.5 Å². The number of benzene rings is 2. The molecular weight excluding hydrogens is 444 g/mol. The number of ether oxygens (including phenoxy) is 1. The average molecular weight is 461 g/mol. The van der Waals surface area contributed by atoms with Gasteiger partial charge in [-0.05, 0) is 40.3 Å². The number of hydrogen-bond donors (Lipinski definition) is 0. The van der Waals surface area contributed by atoms with E-state index in [1.54, 1.807) is 19.2 Å². The van der Waals surface area contributed by atoms with E-state index in [0.717, 1.165) is 4.47 Å². The zero-order valence-electron chi connectivity index (χ0n) is 15.6. The molecule has 11 heteroatoms. The monoisotopic (exact) mass is 460 g/mol. The molecule has 0 aliphatic rings. The molecule has 1 aromatic heterocycles. The lowest BCUT2D eigenvalue weighted by Gasteiger charge is -2.27. The maximum atomic E-state index is 12.5. The third-order valence-corrected chi connectivity index (χ3v) is 4.78. The first kappa shape index (κ1) is 20.6. The van der Waals surface area contributed by atoms with Gasteiger partial charge >= 0.3 is 0 Å². The first-order valence-electron chi connectivity index (χ1n) is 8.45. The van der Waals surface area contributed by atoms with Crippen molar-refractivity contribution >= 4 is 27.5 Å². The summed E-state index contributed by atoms with van der Waals surface area (Å²) in [4.78, 5) is 24.7. The Hall–Kier alpha value is -3.18. The Kier molecular flexibility index (Phi) is 6.29. The van der Waals surface area contributed by atoms with E-state index in [1.165, 1.54) is 28.8 Å². The van der Waals surface area contributed by atoms with Crippen LogP contribution in [0.4, 0.5) is 5.69 Å². The largest absolute Gasteiger partial charge is 0.375 e. The molecule has 1 heterocycles. The third kappa shape index (κ3) is 4.46. The summed E-state index contributed by atoms with van der Waals surface area (Å²) in [6.07, 6.45) is 0. The second-order valence-corrected chi connectivity index (χ2v) is 7.03. The molecule has 1 amide bonds. The van der Waals surface area contributed by atoms with E-state index >= 15 is 0 Å². The quantitative estimate of drug-likeness (QED) is 0.392. The first-order valence-corrected chi connectivity index (χ1v) is 9.25. The predicted octanol–water partition coefficient (Wildman–Crippen LogP) is 2.53. The van der Waals surface area contributed by atoms with Gasteiger partial charge in [0.05, 0.1) is 10.6 Å². The number of carbonyl (C=O) groups is 1. The highest BCUT2D eigenvalue weighted by Crippen LogP contribution is 2.30. The lowest BCUT2D eigenvalue weighted by Crippen LogP contribution is -2.36. The minimum atomic E-state index is -0.767. The highest BCUT2D eigenvalue weighted by atomic mass is 79.9. The summed E-state index contributed by atoms with van der Waals surface area (Å²) >= 11 is 3.38. The number of carbonyl (C=O) groups excluding carboxylic acids is 1. The van der Waals surface area contributed by atoms with Gasteiger partial charge in [-0.15, -0.1) is 5.10 Å². The van der Waals surface area contributed by atoms with Crippen LogP contribution in [0.5, 0.6) is 0 Å². The summed E-state index contributed by atoms with van der Waals surface area (Å²) in [6.45, 7) is -0.151. The van der Waals surface area contributed by atoms with E-state index in [0.29, 0.717) is 17.1 Å². The van der Waals surface area contributed by atoms with Gasteiger partial charge in [-0.3, -0.25) is 14.9 Å². The topological polar surface area (TPSA) is 116 Å². The molecule has 1 unspecified atom stereocenters. The van der Waals surface area contributed by atoms with Gasteiger partial charge in [-0.25, -0.2) is 0 Å².